The van der Waals surface area contributed by atoms with Gasteiger partial charge >= 0.3 is 5.97 Å². The van der Waals surface area contributed by atoms with Gasteiger partial charge in [0.25, 0.3) is 0 Å². The monoisotopic (exact) mass is 209 g/mol. The molecule has 0 radical (unpaired) electrons. The summed E-state index contributed by atoms with van der Waals surface area (Å²) < 4.78 is 9.10. The first-order valence-corrected chi connectivity index (χ1v) is 4.67. The van der Waals surface area contributed by atoms with Crippen LogP contribution in [0, 0.1) is 0 Å². The lowest BCUT2D eigenvalue weighted by molar-refractivity contribution is 0.0598. The van der Waals surface area contributed by atoms with Crippen molar-refractivity contribution >= 4 is 27.6 Å². The third kappa shape index (κ3) is 1.22. The van der Waals surface area contributed by atoms with E-state index in [0.717, 1.165) is 11.5 Å². The van der Waals surface area contributed by atoms with Crippen molar-refractivity contribution in [3.63, 3.8) is 0 Å². The molecule has 2 aromatic rings. The van der Waals surface area contributed by atoms with Crippen molar-refractivity contribution in [3.05, 3.63) is 23.9 Å². The van der Waals surface area contributed by atoms with E-state index < -0.39 is 5.97 Å². The van der Waals surface area contributed by atoms with E-state index in [-0.39, 0.29) is 11.4 Å². The fourth-order valence-corrected chi connectivity index (χ4v) is 1.97. The number of aromatic nitrogens is 1. The standard InChI is InChI=1S/C9H7NO3S/c1-13-9(12)7-5-3-2-4-6(11)8(5)14-10-7/h2-4,11H,1H3. The van der Waals surface area contributed by atoms with E-state index in [1.54, 1.807) is 18.2 Å². The van der Waals surface area contributed by atoms with Crippen molar-refractivity contribution in [2.45, 2.75) is 0 Å². The number of rotatable bonds is 1. The minimum absolute atomic E-state index is 0.134. The van der Waals surface area contributed by atoms with Crippen LogP contribution in [0.5, 0.6) is 5.75 Å². The molecule has 0 aliphatic carbocycles. The second kappa shape index (κ2) is 3.26. The van der Waals surface area contributed by atoms with Crippen molar-refractivity contribution in [2.24, 2.45) is 0 Å². The van der Waals surface area contributed by atoms with E-state index >= 15 is 0 Å². The molecule has 0 amide bonds. The molecular formula is C9H7NO3S. The summed E-state index contributed by atoms with van der Waals surface area (Å²) in [5.41, 5.74) is 0.253. The Labute approximate surface area is 83.9 Å². The first-order valence-electron chi connectivity index (χ1n) is 3.89. The number of hydrogen-bond acceptors (Lipinski definition) is 5. The summed E-state index contributed by atoms with van der Waals surface area (Å²) in [5.74, 6) is -0.350. The van der Waals surface area contributed by atoms with Crippen LogP contribution >= 0.6 is 11.5 Å². The lowest BCUT2D eigenvalue weighted by atomic mass is 10.2. The van der Waals surface area contributed by atoms with Crippen LogP contribution < -0.4 is 0 Å². The zero-order chi connectivity index (χ0) is 10.1. The highest BCUT2D eigenvalue weighted by molar-refractivity contribution is 7.14. The van der Waals surface area contributed by atoms with Gasteiger partial charge in [-0.05, 0) is 17.6 Å². The number of ether oxygens (including phenoxy) is 1. The van der Waals surface area contributed by atoms with Crippen molar-refractivity contribution in [1.82, 2.24) is 4.37 Å². The molecule has 1 N–H and O–H groups in total. The normalized spacial score (nSPS) is 10.4. The maximum absolute atomic E-state index is 11.2. The molecule has 14 heavy (non-hydrogen) atoms. The highest BCUT2D eigenvalue weighted by Crippen LogP contribution is 2.30. The predicted octanol–water partition coefficient (Wildman–Crippen LogP) is 1.79. The fourth-order valence-electron chi connectivity index (χ4n) is 1.19. The van der Waals surface area contributed by atoms with Crippen LogP contribution in [-0.4, -0.2) is 22.6 Å². The summed E-state index contributed by atoms with van der Waals surface area (Å²) in [4.78, 5) is 11.2. The summed E-state index contributed by atoms with van der Waals surface area (Å²) >= 11 is 1.08. The number of carbonyl (C=O) groups excluding carboxylic acids is 1. The van der Waals surface area contributed by atoms with Gasteiger partial charge in [0.2, 0.25) is 0 Å². The molecule has 1 aromatic carbocycles. The average Bonchev–Trinajstić information content (AvgIpc) is 2.62. The second-order valence-electron chi connectivity index (χ2n) is 2.68. The number of nitrogens with zero attached hydrogens (tertiary/aromatic N) is 1. The maximum atomic E-state index is 11.2. The van der Waals surface area contributed by atoms with Gasteiger partial charge in [-0.2, -0.15) is 4.37 Å². The topological polar surface area (TPSA) is 59.4 Å². The number of phenolic OH excluding ortho intramolecular Hbond substituents is 1. The molecule has 0 saturated heterocycles. The molecular weight excluding hydrogens is 202 g/mol. The third-order valence-electron chi connectivity index (χ3n) is 1.86. The van der Waals surface area contributed by atoms with Gasteiger partial charge in [-0.15, -0.1) is 0 Å². The molecule has 0 spiro atoms. The number of hydrogen-bond donors (Lipinski definition) is 1. The number of aromatic hydroxyl groups is 1. The first kappa shape index (κ1) is 8.96. The second-order valence-corrected chi connectivity index (χ2v) is 3.45. The molecule has 0 unspecified atom stereocenters. The van der Waals surface area contributed by atoms with Crippen LogP contribution in [0.25, 0.3) is 10.1 Å². The van der Waals surface area contributed by atoms with Crippen molar-refractivity contribution in [1.29, 1.82) is 0 Å². The molecule has 0 aliphatic rings. The molecule has 72 valence electrons. The van der Waals surface area contributed by atoms with Gasteiger partial charge < -0.3 is 9.84 Å². The average molecular weight is 209 g/mol. The smallest absolute Gasteiger partial charge is 0.358 e. The van der Waals surface area contributed by atoms with E-state index in [2.05, 4.69) is 9.11 Å². The zero-order valence-corrected chi connectivity index (χ0v) is 8.17. The molecule has 0 fully saturated rings. The molecule has 4 nitrogen and oxygen atoms in total. The van der Waals surface area contributed by atoms with Crippen LogP contribution in [0.3, 0.4) is 0 Å². The molecule has 0 saturated carbocycles. The Kier molecular flexibility index (Phi) is 2.09. The highest BCUT2D eigenvalue weighted by atomic mass is 32.1. The third-order valence-corrected chi connectivity index (χ3v) is 2.74. The predicted molar refractivity (Wildman–Crippen MR) is 52.6 cm³/mol. The lowest BCUT2D eigenvalue weighted by Gasteiger charge is -1.95. The lowest BCUT2D eigenvalue weighted by Crippen LogP contribution is -2.01. The number of phenols is 1. The van der Waals surface area contributed by atoms with E-state index in [1.165, 1.54) is 7.11 Å². The van der Waals surface area contributed by atoms with Crippen LogP contribution in [0.1, 0.15) is 10.5 Å². The molecule has 5 heteroatoms. The van der Waals surface area contributed by atoms with Crippen molar-refractivity contribution in [3.8, 4) is 5.75 Å². The van der Waals surface area contributed by atoms with Gasteiger partial charge in [0.05, 0.1) is 11.8 Å². The Morgan fingerprint density at radius 1 is 1.57 bits per heavy atom. The summed E-state index contributed by atoms with van der Waals surface area (Å²) in [6.45, 7) is 0. The first-order chi connectivity index (χ1) is 6.74. The minimum atomic E-state index is -0.484. The Balaban J connectivity index is 2.70. The zero-order valence-electron chi connectivity index (χ0n) is 7.35. The largest absolute Gasteiger partial charge is 0.506 e. The Morgan fingerprint density at radius 3 is 3.07 bits per heavy atom. The van der Waals surface area contributed by atoms with Crippen LogP contribution in [0.4, 0.5) is 0 Å². The minimum Gasteiger partial charge on any atom is -0.506 e. The van der Waals surface area contributed by atoms with Gasteiger partial charge in [-0.3, -0.25) is 0 Å². The van der Waals surface area contributed by atoms with Gasteiger partial charge in [-0.1, -0.05) is 12.1 Å². The van der Waals surface area contributed by atoms with Gasteiger partial charge in [0, 0.05) is 5.39 Å². The molecule has 2 rings (SSSR count). The quantitative estimate of drug-likeness (QED) is 0.727. The number of methoxy groups -OCH3 is 1. The van der Waals surface area contributed by atoms with Crippen LogP contribution in [-0.2, 0) is 4.74 Å². The van der Waals surface area contributed by atoms with Gasteiger partial charge in [0.1, 0.15) is 5.75 Å². The van der Waals surface area contributed by atoms with E-state index in [0.29, 0.717) is 10.1 Å². The molecule has 1 heterocycles. The highest BCUT2D eigenvalue weighted by Gasteiger charge is 2.15. The van der Waals surface area contributed by atoms with Crippen molar-refractivity contribution in [2.75, 3.05) is 7.11 Å². The molecule has 1 aromatic heterocycles. The SMILES string of the molecule is COC(=O)c1nsc2c(O)cccc12. The maximum Gasteiger partial charge on any atom is 0.358 e. The summed E-state index contributed by atoms with van der Waals surface area (Å²) in [7, 11) is 1.30. The summed E-state index contributed by atoms with van der Waals surface area (Å²) in [6.07, 6.45) is 0. The summed E-state index contributed by atoms with van der Waals surface area (Å²) in [6, 6.07) is 4.95. The Bertz CT molecular complexity index is 492. The van der Waals surface area contributed by atoms with E-state index in [9.17, 15) is 9.90 Å². The molecule has 0 bridgehead atoms. The molecule has 0 aliphatic heterocycles. The number of esters is 1. The van der Waals surface area contributed by atoms with Crippen LogP contribution in [0.15, 0.2) is 18.2 Å². The van der Waals surface area contributed by atoms with E-state index in [1.807, 2.05) is 0 Å². The van der Waals surface area contributed by atoms with Crippen molar-refractivity contribution < 1.29 is 14.6 Å². The number of carbonyl (C=O) groups is 1. The number of benzene rings is 1. The fraction of sp³-hybridized carbons (Fsp3) is 0.111. The van der Waals surface area contributed by atoms with E-state index in [4.69, 9.17) is 0 Å². The number of fused-ring (bicyclic) bond motifs is 1. The van der Waals surface area contributed by atoms with Crippen LogP contribution in [0.2, 0.25) is 0 Å². The summed E-state index contributed by atoms with van der Waals surface area (Å²) in [5, 5.41) is 10.1. The molecule has 0 atom stereocenters. The van der Waals surface area contributed by atoms with Gasteiger partial charge in [-0.25, -0.2) is 4.79 Å². The Hall–Kier alpha value is -1.62. The van der Waals surface area contributed by atoms with Gasteiger partial charge in [0.15, 0.2) is 5.69 Å². The Morgan fingerprint density at radius 2 is 2.36 bits per heavy atom.